The molecule has 0 bridgehead atoms. The molecule has 0 N–H and O–H groups in total. The van der Waals surface area contributed by atoms with Crippen molar-refractivity contribution in [3.8, 4) is 5.75 Å². The molecule has 0 aliphatic carbocycles. The highest BCUT2D eigenvalue weighted by atomic mass is 32.2. The summed E-state index contributed by atoms with van der Waals surface area (Å²) in [6, 6.07) is 18.5. The van der Waals surface area contributed by atoms with E-state index >= 15 is 0 Å². The second-order valence-corrected chi connectivity index (χ2v) is 17.2. The van der Waals surface area contributed by atoms with Crippen LogP contribution in [0.1, 0.15) is 51.9 Å². The highest BCUT2D eigenvalue weighted by Gasteiger charge is 2.47. The number of ether oxygens (including phenoxy) is 4. The Hall–Kier alpha value is -1.35. The maximum absolute atomic E-state index is 6.96. The van der Waals surface area contributed by atoms with Crippen LogP contribution in [0, 0.1) is 0 Å². The molecule has 7 heteroatoms. The topological polar surface area (TPSA) is 46.2 Å². The highest BCUT2D eigenvalue weighted by molar-refractivity contribution is 7.99. The van der Waals surface area contributed by atoms with Crippen molar-refractivity contribution in [2.45, 2.75) is 93.8 Å². The van der Waals surface area contributed by atoms with Crippen molar-refractivity contribution in [2.24, 2.45) is 0 Å². The van der Waals surface area contributed by atoms with E-state index in [2.05, 4.69) is 64.2 Å². The van der Waals surface area contributed by atoms with E-state index in [9.17, 15) is 0 Å². The van der Waals surface area contributed by atoms with E-state index in [0.29, 0.717) is 6.61 Å². The molecule has 2 aromatic carbocycles. The fourth-order valence-electron chi connectivity index (χ4n) is 4.46. The smallest absolute Gasteiger partial charge is 0.192 e. The Bertz CT molecular complexity index is 946. The maximum Gasteiger partial charge on any atom is 0.192 e. The number of rotatable bonds is 9. The van der Waals surface area contributed by atoms with Gasteiger partial charge in [0.2, 0.25) is 0 Å². The normalized spacial score (nSPS) is 26.9. The number of benzene rings is 2. The molecule has 2 aliphatic heterocycles. The molecule has 2 aromatic rings. The van der Waals surface area contributed by atoms with Gasteiger partial charge in [0.15, 0.2) is 14.6 Å². The second-order valence-electron chi connectivity index (χ2n) is 11.3. The molecular weight excluding hydrogens is 488 g/mol. The van der Waals surface area contributed by atoms with Crippen molar-refractivity contribution in [3.63, 3.8) is 0 Å². The van der Waals surface area contributed by atoms with Gasteiger partial charge < -0.3 is 23.4 Å². The van der Waals surface area contributed by atoms with Crippen LogP contribution in [0.25, 0.3) is 0 Å². The third kappa shape index (κ3) is 6.94. The van der Waals surface area contributed by atoms with Gasteiger partial charge in [-0.25, -0.2) is 0 Å². The van der Waals surface area contributed by atoms with Crippen LogP contribution in [-0.4, -0.2) is 52.2 Å². The average molecular weight is 531 g/mol. The van der Waals surface area contributed by atoms with Gasteiger partial charge in [-0.1, -0.05) is 51.1 Å². The summed E-state index contributed by atoms with van der Waals surface area (Å²) in [5.41, 5.74) is 0.996. The summed E-state index contributed by atoms with van der Waals surface area (Å²) in [6.07, 6.45) is 2.47. The molecule has 2 aliphatic rings. The molecule has 2 heterocycles. The highest BCUT2D eigenvalue weighted by Crippen LogP contribution is 2.42. The molecule has 5 atom stereocenters. The van der Waals surface area contributed by atoms with E-state index in [1.165, 1.54) is 4.90 Å². The molecule has 0 saturated carbocycles. The first-order valence-electron chi connectivity index (χ1n) is 13.1. The van der Waals surface area contributed by atoms with Gasteiger partial charge in [-0.3, -0.25) is 0 Å². The first-order valence-corrected chi connectivity index (χ1v) is 17.0. The van der Waals surface area contributed by atoms with Gasteiger partial charge in [0, 0.05) is 16.9 Å². The Kier molecular flexibility index (Phi) is 9.23. The van der Waals surface area contributed by atoms with Crippen LogP contribution >= 0.6 is 11.8 Å². The summed E-state index contributed by atoms with van der Waals surface area (Å²) >= 11 is 1.90. The average Bonchev–Trinajstić information content (AvgIpc) is 2.86. The first kappa shape index (κ1) is 27.7. The summed E-state index contributed by atoms with van der Waals surface area (Å²) in [4.78, 5) is 1.31. The molecule has 5 nitrogen and oxygen atoms in total. The van der Waals surface area contributed by atoms with Crippen molar-refractivity contribution in [1.29, 1.82) is 0 Å². The monoisotopic (exact) mass is 530 g/mol. The van der Waals surface area contributed by atoms with Crippen molar-refractivity contribution in [1.82, 2.24) is 0 Å². The largest absolute Gasteiger partial charge is 0.497 e. The van der Waals surface area contributed by atoms with Gasteiger partial charge in [-0.15, -0.1) is 11.8 Å². The Morgan fingerprint density at radius 1 is 0.972 bits per heavy atom. The maximum atomic E-state index is 6.96. The van der Waals surface area contributed by atoms with Crippen molar-refractivity contribution >= 4 is 20.1 Å². The van der Waals surface area contributed by atoms with Crippen LogP contribution in [-0.2, 0) is 18.6 Å². The van der Waals surface area contributed by atoms with Crippen LogP contribution in [0.2, 0.25) is 18.1 Å². The van der Waals surface area contributed by atoms with E-state index in [4.69, 9.17) is 23.4 Å². The van der Waals surface area contributed by atoms with Crippen LogP contribution in [0.15, 0.2) is 59.5 Å². The van der Waals surface area contributed by atoms with Crippen molar-refractivity contribution < 1.29 is 23.4 Å². The molecule has 0 radical (unpaired) electrons. The molecule has 0 unspecified atom stereocenters. The molecular formula is C29H42O5SSi. The predicted octanol–water partition coefficient (Wildman–Crippen LogP) is 7.23. The van der Waals surface area contributed by atoms with Gasteiger partial charge >= 0.3 is 0 Å². The SMILES string of the molecule is COc1ccc([C@@H]2OC[C@H]3O[C@@H](CCCSc4ccccc4)[C@H](O[Si](C)(C)C(C)(C)C)C[C@@H]3O2)cc1. The fraction of sp³-hybridized carbons (Fsp3) is 0.586. The van der Waals surface area contributed by atoms with E-state index < -0.39 is 14.6 Å². The lowest BCUT2D eigenvalue weighted by Gasteiger charge is -2.48. The molecule has 198 valence electrons. The molecule has 4 rings (SSSR count). The third-order valence-electron chi connectivity index (χ3n) is 7.64. The van der Waals surface area contributed by atoms with Crippen molar-refractivity contribution in [2.75, 3.05) is 19.5 Å². The van der Waals surface area contributed by atoms with Gasteiger partial charge in [-0.2, -0.15) is 0 Å². The quantitative estimate of drug-likeness (QED) is 0.194. The number of thioether (sulfide) groups is 1. The molecule has 0 spiro atoms. The zero-order valence-corrected chi connectivity index (χ0v) is 24.4. The Balaban J connectivity index is 1.41. The summed E-state index contributed by atoms with van der Waals surface area (Å²) < 4.78 is 31.5. The lowest BCUT2D eigenvalue weighted by atomic mass is 9.95. The van der Waals surface area contributed by atoms with E-state index in [-0.39, 0.29) is 29.5 Å². The summed E-state index contributed by atoms with van der Waals surface area (Å²) in [6.45, 7) is 12.1. The third-order valence-corrected chi connectivity index (χ3v) is 13.2. The molecule has 36 heavy (non-hydrogen) atoms. The minimum atomic E-state index is -1.97. The van der Waals surface area contributed by atoms with Crippen LogP contribution in [0.5, 0.6) is 5.75 Å². The van der Waals surface area contributed by atoms with Gasteiger partial charge in [0.25, 0.3) is 0 Å². The molecule has 2 saturated heterocycles. The zero-order chi connectivity index (χ0) is 25.8. The minimum Gasteiger partial charge on any atom is -0.497 e. The zero-order valence-electron chi connectivity index (χ0n) is 22.6. The van der Waals surface area contributed by atoms with Crippen LogP contribution < -0.4 is 4.74 Å². The fourth-order valence-corrected chi connectivity index (χ4v) is 6.72. The van der Waals surface area contributed by atoms with Gasteiger partial charge in [-0.05, 0) is 61.0 Å². The first-order chi connectivity index (χ1) is 17.2. The van der Waals surface area contributed by atoms with Crippen molar-refractivity contribution in [3.05, 3.63) is 60.2 Å². The summed E-state index contributed by atoms with van der Waals surface area (Å²) in [5, 5.41) is 0.139. The Morgan fingerprint density at radius 3 is 2.36 bits per heavy atom. The molecule has 0 aromatic heterocycles. The van der Waals surface area contributed by atoms with Gasteiger partial charge in [0.05, 0.1) is 32.0 Å². The van der Waals surface area contributed by atoms with E-state index in [1.807, 2.05) is 36.0 Å². The summed E-state index contributed by atoms with van der Waals surface area (Å²) in [5.74, 6) is 1.89. The standard InChI is InChI=1S/C29H42O5SSi/c1-29(2,3)36(5,6)34-26-19-25-27(20-31-28(33-25)21-14-16-22(30-4)17-15-21)32-24(26)13-10-18-35-23-11-8-7-9-12-23/h7-9,11-12,14-17,24-28H,10,13,18-20H2,1-6H3/t24-,25-,26+,27+,28+/m0/s1. The van der Waals surface area contributed by atoms with Crippen LogP contribution in [0.4, 0.5) is 0 Å². The predicted molar refractivity (Wildman–Crippen MR) is 148 cm³/mol. The minimum absolute atomic E-state index is 0.0310. The van der Waals surface area contributed by atoms with Crippen LogP contribution in [0.3, 0.4) is 0 Å². The Labute approximate surface area is 222 Å². The molecule has 0 amide bonds. The lowest BCUT2D eigenvalue weighted by molar-refractivity contribution is -0.301. The Morgan fingerprint density at radius 2 is 1.69 bits per heavy atom. The number of methoxy groups -OCH3 is 1. The number of hydrogen-bond donors (Lipinski definition) is 0. The number of fused-ring (bicyclic) bond motifs is 1. The van der Waals surface area contributed by atoms with Gasteiger partial charge in [0.1, 0.15) is 11.9 Å². The van der Waals surface area contributed by atoms with E-state index in [0.717, 1.165) is 36.3 Å². The molecule has 2 fully saturated rings. The summed E-state index contributed by atoms with van der Waals surface area (Å²) in [7, 11) is -0.296. The second kappa shape index (κ2) is 12.0. The van der Waals surface area contributed by atoms with E-state index in [1.54, 1.807) is 7.11 Å². The number of hydrogen-bond acceptors (Lipinski definition) is 6. The lowest BCUT2D eigenvalue weighted by Crippen LogP contribution is -2.57.